The summed E-state index contributed by atoms with van der Waals surface area (Å²) in [6.45, 7) is 0. The number of aliphatic hydroxyl groups is 1. The first kappa shape index (κ1) is 15.9. The Labute approximate surface area is 130 Å². The van der Waals surface area contributed by atoms with Crippen LogP contribution in [0.25, 0.3) is 6.08 Å². The predicted molar refractivity (Wildman–Crippen MR) is 87.7 cm³/mol. The molecule has 0 spiro atoms. The van der Waals surface area contributed by atoms with Gasteiger partial charge in [0.25, 0.3) is 5.91 Å². The van der Waals surface area contributed by atoms with Crippen molar-refractivity contribution >= 4 is 12.0 Å². The smallest absolute Gasteiger partial charge is 0.254 e. The fourth-order valence-electron chi connectivity index (χ4n) is 2.06. The van der Waals surface area contributed by atoms with Crippen LogP contribution in [0.15, 0.2) is 66.9 Å². The third-order valence-electron chi connectivity index (χ3n) is 3.29. The molecule has 1 amide bonds. The molecule has 4 N–H and O–H groups in total. The molecule has 2 rings (SSSR count). The highest BCUT2D eigenvalue weighted by atomic mass is 16.3. The van der Waals surface area contributed by atoms with Crippen molar-refractivity contribution in [1.82, 2.24) is 5.32 Å². The molecule has 114 valence electrons. The largest absolute Gasteiger partial charge is 0.382 e. The molecule has 0 heterocycles. The van der Waals surface area contributed by atoms with E-state index in [0.29, 0.717) is 6.42 Å². The molecule has 2 unspecified atom stereocenters. The van der Waals surface area contributed by atoms with E-state index in [4.69, 9.17) is 5.73 Å². The summed E-state index contributed by atoms with van der Waals surface area (Å²) >= 11 is 0. The Bertz CT molecular complexity index is 611. The number of hydrogen-bond acceptors (Lipinski definition) is 3. The molecule has 0 aliphatic heterocycles. The molecule has 2 atom stereocenters. The van der Waals surface area contributed by atoms with E-state index in [9.17, 15) is 9.90 Å². The average Bonchev–Trinajstić information content (AvgIpc) is 2.56. The van der Waals surface area contributed by atoms with Gasteiger partial charge >= 0.3 is 0 Å². The second-order valence-electron chi connectivity index (χ2n) is 5.05. The van der Waals surface area contributed by atoms with Crippen LogP contribution in [-0.2, 0) is 11.2 Å². The van der Waals surface area contributed by atoms with Crippen LogP contribution in [0.3, 0.4) is 0 Å². The van der Waals surface area contributed by atoms with Gasteiger partial charge in [0.1, 0.15) is 6.10 Å². The van der Waals surface area contributed by atoms with Gasteiger partial charge in [0, 0.05) is 12.2 Å². The van der Waals surface area contributed by atoms with Crippen molar-refractivity contribution in [2.24, 2.45) is 5.73 Å². The van der Waals surface area contributed by atoms with Crippen LogP contribution in [0.5, 0.6) is 0 Å². The Morgan fingerprint density at radius 1 is 1.09 bits per heavy atom. The van der Waals surface area contributed by atoms with Crippen LogP contribution >= 0.6 is 0 Å². The maximum absolute atomic E-state index is 11.9. The second kappa shape index (κ2) is 8.12. The summed E-state index contributed by atoms with van der Waals surface area (Å²) < 4.78 is 0. The fourth-order valence-corrected chi connectivity index (χ4v) is 2.06. The molecule has 0 aromatic heterocycles. The summed E-state index contributed by atoms with van der Waals surface area (Å²) in [5, 5.41) is 12.5. The van der Waals surface area contributed by atoms with Crippen molar-refractivity contribution in [2.75, 3.05) is 0 Å². The lowest BCUT2D eigenvalue weighted by Crippen LogP contribution is -2.46. The number of nitrogens with one attached hydrogen (secondary N) is 1. The maximum atomic E-state index is 11.9. The van der Waals surface area contributed by atoms with Crippen LogP contribution in [0, 0.1) is 0 Å². The summed E-state index contributed by atoms with van der Waals surface area (Å²) in [4.78, 5) is 11.9. The van der Waals surface area contributed by atoms with Crippen molar-refractivity contribution < 1.29 is 9.90 Å². The molecule has 4 nitrogen and oxygen atoms in total. The number of carbonyl (C=O) groups is 1. The standard InChI is InChI=1S/C18H20N2O2/c19-16(13-15-9-5-2-6-10-15)17(21)18(22)20-12-11-14-7-3-1-4-8-14/h1-12,16-17,21H,13,19H2,(H,20,22). The summed E-state index contributed by atoms with van der Waals surface area (Å²) in [5.74, 6) is -0.504. The highest BCUT2D eigenvalue weighted by molar-refractivity contribution is 5.82. The quantitative estimate of drug-likeness (QED) is 0.759. The van der Waals surface area contributed by atoms with E-state index in [-0.39, 0.29) is 0 Å². The normalized spacial score (nSPS) is 13.7. The molecule has 2 aromatic rings. The van der Waals surface area contributed by atoms with Crippen molar-refractivity contribution in [3.8, 4) is 0 Å². The molecule has 0 radical (unpaired) electrons. The third-order valence-corrected chi connectivity index (χ3v) is 3.29. The van der Waals surface area contributed by atoms with Gasteiger partial charge in [-0.15, -0.1) is 0 Å². The number of amides is 1. The zero-order valence-electron chi connectivity index (χ0n) is 12.2. The zero-order chi connectivity index (χ0) is 15.8. The zero-order valence-corrected chi connectivity index (χ0v) is 12.2. The van der Waals surface area contributed by atoms with E-state index >= 15 is 0 Å². The summed E-state index contributed by atoms with van der Waals surface area (Å²) in [6, 6.07) is 18.5. The first-order chi connectivity index (χ1) is 10.7. The molecule has 0 aliphatic rings. The monoisotopic (exact) mass is 296 g/mol. The Balaban J connectivity index is 1.85. The Hall–Kier alpha value is -2.43. The van der Waals surface area contributed by atoms with Gasteiger partial charge in [0.2, 0.25) is 0 Å². The minimum atomic E-state index is -1.25. The second-order valence-corrected chi connectivity index (χ2v) is 5.05. The predicted octanol–water partition coefficient (Wildman–Crippen LogP) is 1.70. The number of nitrogens with two attached hydrogens (primary N) is 1. The number of aliphatic hydroxyl groups excluding tert-OH is 1. The molecular weight excluding hydrogens is 276 g/mol. The van der Waals surface area contributed by atoms with Gasteiger partial charge in [-0.1, -0.05) is 60.7 Å². The Morgan fingerprint density at radius 3 is 2.32 bits per heavy atom. The number of rotatable bonds is 6. The lowest BCUT2D eigenvalue weighted by molar-refractivity contribution is -0.129. The van der Waals surface area contributed by atoms with Crippen LogP contribution in [-0.4, -0.2) is 23.2 Å². The van der Waals surface area contributed by atoms with Gasteiger partial charge < -0.3 is 16.2 Å². The van der Waals surface area contributed by atoms with E-state index in [1.54, 1.807) is 6.08 Å². The van der Waals surface area contributed by atoms with Gasteiger partial charge in [-0.2, -0.15) is 0 Å². The molecule has 0 saturated heterocycles. The van der Waals surface area contributed by atoms with Gasteiger partial charge in [0.05, 0.1) is 0 Å². The molecule has 2 aromatic carbocycles. The molecular formula is C18H20N2O2. The van der Waals surface area contributed by atoms with E-state index in [1.807, 2.05) is 60.7 Å². The molecule has 0 bridgehead atoms. The van der Waals surface area contributed by atoms with Crippen molar-refractivity contribution in [2.45, 2.75) is 18.6 Å². The van der Waals surface area contributed by atoms with Crippen LogP contribution in [0.4, 0.5) is 0 Å². The van der Waals surface area contributed by atoms with Crippen LogP contribution in [0.1, 0.15) is 11.1 Å². The molecule has 0 saturated carbocycles. The van der Waals surface area contributed by atoms with Gasteiger partial charge in [-0.05, 0) is 23.6 Å². The average molecular weight is 296 g/mol. The minimum absolute atomic E-state index is 0.442. The SMILES string of the molecule is NC(Cc1ccccc1)C(O)C(=O)NC=Cc1ccccc1. The van der Waals surface area contributed by atoms with Gasteiger partial charge in [0.15, 0.2) is 0 Å². The van der Waals surface area contributed by atoms with E-state index in [2.05, 4.69) is 5.32 Å². The minimum Gasteiger partial charge on any atom is -0.382 e. The first-order valence-electron chi connectivity index (χ1n) is 7.16. The van der Waals surface area contributed by atoms with E-state index < -0.39 is 18.1 Å². The van der Waals surface area contributed by atoms with E-state index in [0.717, 1.165) is 11.1 Å². The summed E-state index contributed by atoms with van der Waals surface area (Å²) in [7, 11) is 0. The highest BCUT2D eigenvalue weighted by Crippen LogP contribution is 2.05. The summed E-state index contributed by atoms with van der Waals surface area (Å²) in [5.41, 5.74) is 7.85. The number of carbonyl (C=O) groups excluding carboxylic acids is 1. The number of hydrogen-bond donors (Lipinski definition) is 3. The topological polar surface area (TPSA) is 75.3 Å². The Kier molecular flexibility index (Phi) is 5.89. The van der Waals surface area contributed by atoms with Gasteiger partial charge in [-0.3, -0.25) is 4.79 Å². The van der Waals surface area contributed by atoms with E-state index in [1.165, 1.54) is 6.20 Å². The molecule has 22 heavy (non-hydrogen) atoms. The van der Waals surface area contributed by atoms with Crippen molar-refractivity contribution in [3.05, 3.63) is 78.0 Å². The van der Waals surface area contributed by atoms with Crippen LogP contribution in [0.2, 0.25) is 0 Å². The fraction of sp³-hybridized carbons (Fsp3) is 0.167. The summed E-state index contributed by atoms with van der Waals surface area (Å²) in [6.07, 6.45) is 2.46. The number of benzene rings is 2. The first-order valence-corrected chi connectivity index (χ1v) is 7.16. The van der Waals surface area contributed by atoms with Gasteiger partial charge in [-0.25, -0.2) is 0 Å². The maximum Gasteiger partial charge on any atom is 0.254 e. The molecule has 0 aliphatic carbocycles. The lowest BCUT2D eigenvalue weighted by atomic mass is 10.0. The Morgan fingerprint density at radius 2 is 1.68 bits per heavy atom. The molecule has 0 fully saturated rings. The van der Waals surface area contributed by atoms with Crippen LogP contribution < -0.4 is 11.1 Å². The van der Waals surface area contributed by atoms with Crippen molar-refractivity contribution in [1.29, 1.82) is 0 Å². The lowest BCUT2D eigenvalue weighted by Gasteiger charge is -2.17. The van der Waals surface area contributed by atoms with Crippen molar-refractivity contribution in [3.63, 3.8) is 0 Å². The third kappa shape index (κ3) is 4.84. The highest BCUT2D eigenvalue weighted by Gasteiger charge is 2.22. The molecule has 4 heteroatoms.